The lowest BCUT2D eigenvalue weighted by Gasteiger charge is -2.23. The summed E-state index contributed by atoms with van der Waals surface area (Å²) in [5.41, 5.74) is 5.36. The second-order valence-corrected chi connectivity index (χ2v) is 8.36. The number of Topliss-reactive ketones (excluding diaryl/α,β-unsaturated/α-hetero) is 1. The summed E-state index contributed by atoms with van der Waals surface area (Å²) >= 11 is 0. The van der Waals surface area contributed by atoms with Crippen LogP contribution in [0.1, 0.15) is 52.1 Å². The minimum atomic E-state index is 0.0799. The average Bonchev–Trinajstić information content (AvgIpc) is 2.80. The second kappa shape index (κ2) is 8.58. The first kappa shape index (κ1) is 21.0. The highest BCUT2D eigenvalue weighted by atomic mass is 16.5. The van der Waals surface area contributed by atoms with Crippen LogP contribution in [-0.4, -0.2) is 32.3 Å². The maximum atomic E-state index is 12.7. The fourth-order valence-corrected chi connectivity index (χ4v) is 4.25. The molecule has 7 nitrogen and oxygen atoms in total. The Kier molecular flexibility index (Phi) is 5.46. The van der Waals surface area contributed by atoms with Crippen LogP contribution < -0.4 is 10.1 Å². The van der Waals surface area contributed by atoms with Gasteiger partial charge in [-0.15, -0.1) is 0 Å². The molecule has 2 aromatic heterocycles. The smallest absolute Gasteiger partial charge is 0.230 e. The zero-order valence-electron chi connectivity index (χ0n) is 18.9. The molecular formula is C26H25N5O2. The Morgan fingerprint density at radius 1 is 1.00 bits per heavy atom. The average molecular weight is 440 g/mol. The minimum Gasteiger partial charge on any atom is -0.494 e. The van der Waals surface area contributed by atoms with Crippen molar-refractivity contribution in [3.63, 3.8) is 0 Å². The van der Waals surface area contributed by atoms with E-state index in [2.05, 4.69) is 56.4 Å². The molecule has 0 unspecified atom stereocenters. The molecule has 1 N–H and O–H groups in total. The van der Waals surface area contributed by atoms with Crippen molar-refractivity contribution in [1.82, 2.24) is 19.9 Å². The van der Waals surface area contributed by atoms with E-state index in [1.54, 1.807) is 6.20 Å². The number of hydrogen-bond donors (Lipinski definition) is 1. The lowest BCUT2D eigenvalue weighted by Crippen LogP contribution is -2.21. The van der Waals surface area contributed by atoms with Crippen LogP contribution in [0.3, 0.4) is 0 Å². The SMILES string of the molecule is CCOc1ccc2nc(Nc3ncc4c(n3)C[C@@H](c3ccc(C)cc3)CC4=O)nc(C)c2c1. The fraction of sp³-hybridized carbons (Fsp3) is 0.269. The summed E-state index contributed by atoms with van der Waals surface area (Å²) in [6, 6.07) is 14.1. The minimum absolute atomic E-state index is 0.0799. The van der Waals surface area contributed by atoms with Gasteiger partial charge in [0.15, 0.2) is 5.78 Å². The molecule has 0 bridgehead atoms. The molecule has 1 aliphatic rings. The van der Waals surface area contributed by atoms with Crippen LogP contribution in [0.2, 0.25) is 0 Å². The van der Waals surface area contributed by atoms with E-state index in [4.69, 9.17) is 4.74 Å². The van der Waals surface area contributed by atoms with Gasteiger partial charge in [0.25, 0.3) is 0 Å². The summed E-state index contributed by atoms with van der Waals surface area (Å²) in [7, 11) is 0. The van der Waals surface area contributed by atoms with Gasteiger partial charge in [-0.25, -0.2) is 19.9 Å². The van der Waals surface area contributed by atoms with Gasteiger partial charge < -0.3 is 4.74 Å². The van der Waals surface area contributed by atoms with Crippen LogP contribution in [0.15, 0.2) is 48.7 Å². The molecule has 0 radical (unpaired) electrons. The van der Waals surface area contributed by atoms with E-state index >= 15 is 0 Å². The number of ether oxygens (including phenoxy) is 1. The van der Waals surface area contributed by atoms with E-state index < -0.39 is 0 Å². The molecule has 5 rings (SSSR count). The lowest BCUT2D eigenvalue weighted by molar-refractivity contribution is 0.0962. The number of hydrogen-bond acceptors (Lipinski definition) is 7. The third kappa shape index (κ3) is 4.26. The summed E-state index contributed by atoms with van der Waals surface area (Å²) in [5, 5.41) is 4.05. The Balaban J connectivity index is 1.42. The Morgan fingerprint density at radius 3 is 2.61 bits per heavy atom. The van der Waals surface area contributed by atoms with Gasteiger partial charge >= 0.3 is 0 Å². The zero-order valence-corrected chi connectivity index (χ0v) is 18.9. The topological polar surface area (TPSA) is 89.9 Å². The van der Waals surface area contributed by atoms with Crippen molar-refractivity contribution in [3.8, 4) is 5.75 Å². The largest absolute Gasteiger partial charge is 0.494 e. The molecule has 4 aromatic rings. The molecule has 0 spiro atoms. The number of ketones is 1. The lowest BCUT2D eigenvalue weighted by atomic mass is 9.82. The van der Waals surface area contributed by atoms with E-state index in [1.807, 2.05) is 32.0 Å². The zero-order chi connectivity index (χ0) is 22.9. The number of nitrogens with zero attached hydrogens (tertiary/aromatic N) is 4. The van der Waals surface area contributed by atoms with Crippen LogP contribution in [-0.2, 0) is 6.42 Å². The summed E-state index contributed by atoms with van der Waals surface area (Å²) in [5.74, 6) is 1.80. The van der Waals surface area contributed by atoms with Crippen LogP contribution in [0.4, 0.5) is 11.9 Å². The number of anilines is 2. The van der Waals surface area contributed by atoms with Gasteiger partial charge in [0.2, 0.25) is 11.9 Å². The predicted octanol–water partition coefficient (Wildman–Crippen LogP) is 5.09. The fourth-order valence-electron chi connectivity index (χ4n) is 4.25. The Morgan fingerprint density at radius 2 is 1.82 bits per heavy atom. The van der Waals surface area contributed by atoms with Crippen molar-refractivity contribution in [1.29, 1.82) is 0 Å². The molecule has 33 heavy (non-hydrogen) atoms. The molecule has 0 amide bonds. The van der Waals surface area contributed by atoms with Crippen molar-refractivity contribution < 1.29 is 9.53 Å². The Labute approximate surface area is 192 Å². The maximum absolute atomic E-state index is 12.7. The highest BCUT2D eigenvalue weighted by Gasteiger charge is 2.28. The second-order valence-electron chi connectivity index (χ2n) is 8.36. The normalized spacial score (nSPS) is 15.4. The van der Waals surface area contributed by atoms with Crippen molar-refractivity contribution >= 4 is 28.6 Å². The van der Waals surface area contributed by atoms with Crippen LogP contribution in [0.5, 0.6) is 5.75 Å². The first-order valence-corrected chi connectivity index (χ1v) is 11.1. The maximum Gasteiger partial charge on any atom is 0.230 e. The van der Waals surface area contributed by atoms with Crippen molar-refractivity contribution in [2.45, 2.75) is 39.5 Å². The summed E-state index contributed by atoms with van der Waals surface area (Å²) < 4.78 is 5.58. The number of aryl methyl sites for hydroxylation is 2. The molecule has 0 saturated heterocycles. The molecule has 166 valence electrons. The van der Waals surface area contributed by atoms with E-state index in [9.17, 15) is 4.79 Å². The molecule has 2 aromatic carbocycles. The number of aromatic nitrogens is 4. The van der Waals surface area contributed by atoms with E-state index in [0.29, 0.717) is 36.9 Å². The first-order valence-electron chi connectivity index (χ1n) is 11.1. The van der Waals surface area contributed by atoms with Gasteiger partial charge in [-0.05, 0) is 56.9 Å². The van der Waals surface area contributed by atoms with Gasteiger partial charge in [-0.2, -0.15) is 0 Å². The van der Waals surface area contributed by atoms with Gasteiger partial charge in [0, 0.05) is 18.0 Å². The summed E-state index contributed by atoms with van der Waals surface area (Å²) in [6.07, 6.45) is 2.78. The van der Waals surface area contributed by atoms with Crippen LogP contribution in [0, 0.1) is 13.8 Å². The van der Waals surface area contributed by atoms with Gasteiger partial charge in [-0.1, -0.05) is 29.8 Å². The van der Waals surface area contributed by atoms with E-state index in [1.165, 1.54) is 5.56 Å². The Bertz CT molecular complexity index is 1350. The van der Waals surface area contributed by atoms with Crippen molar-refractivity contribution in [2.75, 3.05) is 11.9 Å². The molecule has 0 aliphatic heterocycles. The highest BCUT2D eigenvalue weighted by molar-refractivity contribution is 5.98. The van der Waals surface area contributed by atoms with Crippen molar-refractivity contribution in [3.05, 3.63) is 76.7 Å². The molecule has 1 aliphatic carbocycles. The molecule has 1 atom stereocenters. The first-order chi connectivity index (χ1) is 16.0. The van der Waals surface area contributed by atoms with E-state index in [0.717, 1.165) is 33.6 Å². The molecule has 2 heterocycles. The Hall–Kier alpha value is -3.87. The molecular weight excluding hydrogens is 414 g/mol. The van der Waals surface area contributed by atoms with Gasteiger partial charge in [0.1, 0.15) is 5.75 Å². The summed E-state index contributed by atoms with van der Waals surface area (Å²) in [4.78, 5) is 30.9. The number of nitrogens with one attached hydrogen (secondary N) is 1. The number of benzene rings is 2. The van der Waals surface area contributed by atoms with Crippen LogP contribution in [0.25, 0.3) is 10.9 Å². The number of carbonyl (C=O) groups is 1. The van der Waals surface area contributed by atoms with Crippen molar-refractivity contribution in [2.24, 2.45) is 0 Å². The highest BCUT2D eigenvalue weighted by Crippen LogP contribution is 2.32. The molecule has 7 heteroatoms. The molecule has 0 fully saturated rings. The third-order valence-corrected chi connectivity index (χ3v) is 5.98. The third-order valence-electron chi connectivity index (χ3n) is 5.98. The van der Waals surface area contributed by atoms with Gasteiger partial charge in [-0.3, -0.25) is 10.1 Å². The van der Waals surface area contributed by atoms with Crippen LogP contribution >= 0.6 is 0 Å². The predicted molar refractivity (Wildman–Crippen MR) is 127 cm³/mol. The standard InChI is InChI=1S/C26H25N5O2/c1-4-33-19-9-10-22-20(13-19)16(3)28-26(29-22)31-25-27-14-21-23(30-25)11-18(12-24(21)32)17-7-5-15(2)6-8-17/h5-10,13-14,18H,4,11-12H2,1-3H3,(H,27,28,29,30,31)/t18-/m1/s1. The molecule has 0 saturated carbocycles. The summed E-state index contributed by atoms with van der Waals surface area (Å²) in [6.45, 7) is 6.55. The quantitative estimate of drug-likeness (QED) is 0.463. The number of carbonyl (C=O) groups excluding carboxylic acids is 1. The number of fused-ring (bicyclic) bond motifs is 2. The van der Waals surface area contributed by atoms with Gasteiger partial charge in [0.05, 0.1) is 29.1 Å². The number of rotatable bonds is 5. The monoisotopic (exact) mass is 439 g/mol. The van der Waals surface area contributed by atoms with E-state index in [-0.39, 0.29) is 11.7 Å².